The average Bonchev–Trinajstić information content (AvgIpc) is 3.24. The second kappa shape index (κ2) is 6.90. The Balaban J connectivity index is 1.71. The van der Waals surface area contributed by atoms with Crippen molar-refractivity contribution in [2.45, 2.75) is 20.0 Å². The Hall–Kier alpha value is -2.30. The summed E-state index contributed by atoms with van der Waals surface area (Å²) < 4.78 is 6.10. The van der Waals surface area contributed by atoms with E-state index in [1.807, 2.05) is 23.6 Å². The molecule has 4 rings (SSSR count). The third-order valence-corrected chi connectivity index (χ3v) is 5.14. The summed E-state index contributed by atoms with van der Waals surface area (Å²) in [6.07, 6.45) is 2.59. The van der Waals surface area contributed by atoms with Crippen LogP contribution in [-0.2, 0) is 13.0 Å². The molecule has 0 atom stereocenters. The van der Waals surface area contributed by atoms with Gasteiger partial charge in [-0.25, -0.2) is 4.98 Å². The van der Waals surface area contributed by atoms with Crippen molar-refractivity contribution in [3.63, 3.8) is 0 Å². The highest BCUT2D eigenvalue weighted by atomic mass is 35.5. The minimum Gasteiger partial charge on any atom is -0.486 e. The van der Waals surface area contributed by atoms with Crippen LogP contribution in [0.15, 0.2) is 54.0 Å². The molecule has 0 saturated carbocycles. The summed E-state index contributed by atoms with van der Waals surface area (Å²) in [5, 5.41) is 4.89. The largest absolute Gasteiger partial charge is 0.486 e. The van der Waals surface area contributed by atoms with E-state index in [1.165, 1.54) is 16.5 Å². The van der Waals surface area contributed by atoms with E-state index >= 15 is 0 Å². The standard InChI is InChI=1S/C20H17ClN2OS/c1-13-10-16-17(11-14-2-4-15(21)5-3-14)19(7-6-18(16)23-13)24-12-20-22-8-9-25-20/h2-10,23H,11-12H2,1H3. The number of fused-ring (bicyclic) bond motifs is 1. The Morgan fingerprint density at radius 2 is 2.00 bits per heavy atom. The number of hydrogen-bond acceptors (Lipinski definition) is 3. The molecule has 0 aliphatic heterocycles. The zero-order chi connectivity index (χ0) is 17.2. The predicted octanol–water partition coefficient (Wildman–Crippen LogP) is 5.76. The first kappa shape index (κ1) is 16.2. The highest BCUT2D eigenvalue weighted by Crippen LogP contribution is 2.31. The number of nitrogens with zero attached hydrogens (tertiary/aromatic N) is 1. The molecule has 0 saturated heterocycles. The van der Waals surface area contributed by atoms with Gasteiger partial charge in [0.05, 0.1) is 0 Å². The maximum absolute atomic E-state index is 6.10. The summed E-state index contributed by atoms with van der Waals surface area (Å²) in [5.74, 6) is 0.900. The van der Waals surface area contributed by atoms with E-state index in [-0.39, 0.29) is 0 Å². The molecule has 126 valence electrons. The quantitative estimate of drug-likeness (QED) is 0.486. The van der Waals surface area contributed by atoms with Gasteiger partial charge < -0.3 is 9.72 Å². The van der Waals surface area contributed by atoms with Crippen LogP contribution in [0.3, 0.4) is 0 Å². The van der Waals surface area contributed by atoms with Gasteiger partial charge in [0.15, 0.2) is 0 Å². The summed E-state index contributed by atoms with van der Waals surface area (Å²) >= 11 is 7.62. The van der Waals surface area contributed by atoms with E-state index in [0.717, 1.165) is 33.4 Å². The third-order valence-electron chi connectivity index (χ3n) is 4.14. The summed E-state index contributed by atoms with van der Waals surface area (Å²) in [6, 6.07) is 14.3. The molecule has 0 amide bonds. The summed E-state index contributed by atoms with van der Waals surface area (Å²) in [6.45, 7) is 2.56. The van der Waals surface area contributed by atoms with Gasteiger partial charge in [0.25, 0.3) is 0 Å². The number of nitrogens with one attached hydrogen (secondary N) is 1. The molecule has 5 heteroatoms. The SMILES string of the molecule is Cc1cc2c(Cc3ccc(Cl)cc3)c(OCc3nccs3)ccc2[nH]1. The van der Waals surface area contributed by atoms with E-state index in [1.54, 1.807) is 17.5 Å². The molecule has 2 aromatic heterocycles. The van der Waals surface area contributed by atoms with Crippen LogP contribution in [0.5, 0.6) is 5.75 Å². The van der Waals surface area contributed by atoms with E-state index in [9.17, 15) is 0 Å². The van der Waals surface area contributed by atoms with Gasteiger partial charge >= 0.3 is 0 Å². The smallest absolute Gasteiger partial charge is 0.140 e. The van der Waals surface area contributed by atoms with Gasteiger partial charge in [-0.1, -0.05) is 23.7 Å². The van der Waals surface area contributed by atoms with Crippen molar-refractivity contribution in [2.75, 3.05) is 0 Å². The third kappa shape index (κ3) is 3.55. The van der Waals surface area contributed by atoms with Crippen molar-refractivity contribution in [3.8, 4) is 5.75 Å². The van der Waals surface area contributed by atoms with Gasteiger partial charge in [-0.2, -0.15) is 0 Å². The molecule has 1 N–H and O–H groups in total. The van der Waals surface area contributed by atoms with Crippen LogP contribution in [0.1, 0.15) is 21.8 Å². The van der Waals surface area contributed by atoms with Gasteiger partial charge in [0.2, 0.25) is 0 Å². The second-order valence-electron chi connectivity index (χ2n) is 5.97. The van der Waals surface area contributed by atoms with Crippen LogP contribution >= 0.6 is 22.9 Å². The summed E-state index contributed by atoms with van der Waals surface area (Å²) in [7, 11) is 0. The van der Waals surface area contributed by atoms with Crippen molar-refractivity contribution < 1.29 is 4.74 Å². The fourth-order valence-corrected chi connectivity index (χ4v) is 3.62. The van der Waals surface area contributed by atoms with E-state index in [0.29, 0.717) is 6.61 Å². The van der Waals surface area contributed by atoms with Crippen LogP contribution in [0.4, 0.5) is 0 Å². The van der Waals surface area contributed by atoms with Crippen molar-refractivity contribution in [2.24, 2.45) is 0 Å². The Bertz CT molecular complexity index is 991. The topological polar surface area (TPSA) is 37.9 Å². The van der Waals surface area contributed by atoms with Crippen molar-refractivity contribution in [3.05, 3.63) is 80.9 Å². The molecule has 4 aromatic rings. The van der Waals surface area contributed by atoms with Crippen molar-refractivity contribution in [1.29, 1.82) is 0 Å². The number of aromatic amines is 1. The predicted molar refractivity (Wildman–Crippen MR) is 104 cm³/mol. The monoisotopic (exact) mass is 368 g/mol. The van der Waals surface area contributed by atoms with Crippen LogP contribution in [-0.4, -0.2) is 9.97 Å². The van der Waals surface area contributed by atoms with Gasteiger partial charge in [-0.05, 0) is 42.8 Å². The number of aryl methyl sites for hydroxylation is 1. The molecule has 0 spiro atoms. The van der Waals surface area contributed by atoms with Crippen LogP contribution in [0.2, 0.25) is 5.02 Å². The zero-order valence-corrected chi connectivity index (χ0v) is 15.3. The van der Waals surface area contributed by atoms with Crippen LogP contribution in [0, 0.1) is 6.92 Å². The lowest BCUT2D eigenvalue weighted by Crippen LogP contribution is -1.99. The number of rotatable bonds is 5. The fourth-order valence-electron chi connectivity index (χ4n) is 2.97. The molecular weight excluding hydrogens is 352 g/mol. The Kier molecular flexibility index (Phi) is 4.47. The molecule has 0 fully saturated rings. The Labute approximate surface area is 155 Å². The lowest BCUT2D eigenvalue weighted by Gasteiger charge is -2.12. The number of halogens is 1. The minimum atomic E-state index is 0.486. The molecular formula is C20H17ClN2OS. The fraction of sp³-hybridized carbons (Fsp3) is 0.150. The number of H-pyrrole nitrogens is 1. The second-order valence-corrected chi connectivity index (χ2v) is 7.39. The molecule has 2 aromatic carbocycles. The molecule has 0 unspecified atom stereocenters. The molecule has 0 bridgehead atoms. The first-order chi connectivity index (χ1) is 12.2. The maximum Gasteiger partial charge on any atom is 0.140 e. The highest BCUT2D eigenvalue weighted by Gasteiger charge is 2.12. The normalized spacial score (nSPS) is 11.1. The zero-order valence-electron chi connectivity index (χ0n) is 13.8. The molecule has 0 aliphatic rings. The van der Waals surface area contributed by atoms with Gasteiger partial charge in [0, 0.05) is 45.2 Å². The maximum atomic E-state index is 6.10. The number of hydrogen-bond donors (Lipinski definition) is 1. The number of thiazole rings is 1. The average molecular weight is 369 g/mol. The number of benzene rings is 2. The first-order valence-electron chi connectivity index (χ1n) is 8.06. The highest BCUT2D eigenvalue weighted by molar-refractivity contribution is 7.09. The van der Waals surface area contributed by atoms with Gasteiger partial charge in [-0.3, -0.25) is 0 Å². The first-order valence-corrected chi connectivity index (χ1v) is 9.31. The molecule has 3 nitrogen and oxygen atoms in total. The lowest BCUT2D eigenvalue weighted by molar-refractivity contribution is 0.303. The lowest BCUT2D eigenvalue weighted by atomic mass is 10.0. The molecule has 0 radical (unpaired) electrons. The molecule has 0 aliphatic carbocycles. The van der Waals surface area contributed by atoms with Crippen LogP contribution in [0.25, 0.3) is 10.9 Å². The Morgan fingerprint density at radius 1 is 1.16 bits per heavy atom. The van der Waals surface area contributed by atoms with E-state index in [2.05, 4.69) is 41.2 Å². The number of ether oxygens (including phenoxy) is 1. The Morgan fingerprint density at radius 3 is 2.76 bits per heavy atom. The van der Waals surface area contributed by atoms with Gasteiger partial charge in [-0.15, -0.1) is 11.3 Å². The van der Waals surface area contributed by atoms with E-state index < -0.39 is 0 Å². The van der Waals surface area contributed by atoms with Crippen molar-refractivity contribution in [1.82, 2.24) is 9.97 Å². The molecule has 2 heterocycles. The van der Waals surface area contributed by atoms with Gasteiger partial charge in [0.1, 0.15) is 17.4 Å². The summed E-state index contributed by atoms with van der Waals surface area (Å²) in [4.78, 5) is 7.70. The van der Waals surface area contributed by atoms with Crippen molar-refractivity contribution >= 4 is 33.8 Å². The molecule has 25 heavy (non-hydrogen) atoms. The number of aromatic nitrogens is 2. The summed E-state index contributed by atoms with van der Waals surface area (Å²) in [5.41, 5.74) is 4.66. The minimum absolute atomic E-state index is 0.486. The van der Waals surface area contributed by atoms with Crippen LogP contribution < -0.4 is 4.74 Å². The van der Waals surface area contributed by atoms with E-state index in [4.69, 9.17) is 16.3 Å².